The van der Waals surface area contributed by atoms with E-state index >= 15 is 0 Å². The molecule has 0 spiro atoms. The highest BCUT2D eigenvalue weighted by atomic mass is 32.2. The number of rotatable bonds is 6. The quantitative estimate of drug-likeness (QED) is 0.202. The van der Waals surface area contributed by atoms with Crippen LogP contribution in [0.3, 0.4) is 0 Å². The van der Waals surface area contributed by atoms with Gasteiger partial charge in [0.15, 0.2) is 0 Å². The number of tetrazole rings is 1. The van der Waals surface area contributed by atoms with Gasteiger partial charge in [-0.15, -0.1) is 5.10 Å². The van der Waals surface area contributed by atoms with Crippen LogP contribution in [0, 0.1) is 0 Å². The molecule has 1 saturated carbocycles. The molecule has 0 unspecified atom stereocenters. The Bertz CT molecular complexity index is 401. The third-order valence-electron chi connectivity index (χ3n) is 3.07. The summed E-state index contributed by atoms with van der Waals surface area (Å²) in [5, 5.41) is 24.1. The van der Waals surface area contributed by atoms with E-state index in [1.807, 2.05) is 4.68 Å². The monoisotopic (exact) mass is 270 g/mol. The SMILES string of the molecule is N/C(CCCSc1nnnn1C1CCCC1)=N\O. The van der Waals surface area contributed by atoms with Gasteiger partial charge in [0.25, 0.3) is 0 Å². The highest BCUT2D eigenvalue weighted by Gasteiger charge is 2.21. The van der Waals surface area contributed by atoms with Crippen molar-refractivity contribution in [3.8, 4) is 0 Å². The van der Waals surface area contributed by atoms with Crippen LogP contribution in [-0.4, -0.2) is 37.0 Å². The number of nitrogens with two attached hydrogens (primary N) is 1. The average molecular weight is 270 g/mol. The van der Waals surface area contributed by atoms with Crippen molar-refractivity contribution in [1.82, 2.24) is 20.2 Å². The topological polar surface area (TPSA) is 102 Å². The highest BCUT2D eigenvalue weighted by Crippen LogP contribution is 2.31. The van der Waals surface area contributed by atoms with Crippen molar-refractivity contribution in [1.29, 1.82) is 0 Å². The molecule has 0 atom stereocenters. The van der Waals surface area contributed by atoms with Crippen LogP contribution in [-0.2, 0) is 0 Å². The van der Waals surface area contributed by atoms with Crippen molar-refractivity contribution in [3.05, 3.63) is 0 Å². The predicted molar refractivity (Wildman–Crippen MR) is 68.7 cm³/mol. The molecule has 1 heterocycles. The van der Waals surface area contributed by atoms with Gasteiger partial charge in [0.2, 0.25) is 5.16 Å². The van der Waals surface area contributed by atoms with E-state index in [1.54, 1.807) is 11.8 Å². The summed E-state index contributed by atoms with van der Waals surface area (Å²) in [6.07, 6.45) is 6.30. The van der Waals surface area contributed by atoms with Gasteiger partial charge in [0.1, 0.15) is 5.84 Å². The normalized spacial score (nSPS) is 17.4. The fourth-order valence-corrected chi connectivity index (χ4v) is 3.01. The first-order valence-electron chi connectivity index (χ1n) is 6.18. The van der Waals surface area contributed by atoms with E-state index in [0.29, 0.717) is 12.5 Å². The fraction of sp³-hybridized carbons (Fsp3) is 0.800. The maximum atomic E-state index is 8.43. The summed E-state index contributed by atoms with van der Waals surface area (Å²) in [7, 11) is 0. The molecule has 1 fully saturated rings. The van der Waals surface area contributed by atoms with Crippen molar-refractivity contribution < 1.29 is 5.21 Å². The zero-order chi connectivity index (χ0) is 12.8. The van der Waals surface area contributed by atoms with Crippen LogP contribution in [0.15, 0.2) is 10.3 Å². The number of amidine groups is 1. The standard InChI is InChI=1S/C10H18N6OS/c11-9(13-17)6-3-7-18-10-12-14-15-16(10)8-4-1-2-5-8/h8,17H,1-7H2,(H2,11,13). The summed E-state index contributed by atoms with van der Waals surface area (Å²) in [6.45, 7) is 0. The van der Waals surface area contributed by atoms with Crippen molar-refractivity contribution >= 4 is 17.6 Å². The van der Waals surface area contributed by atoms with Crippen LogP contribution in [0.1, 0.15) is 44.6 Å². The van der Waals surface area contributed by atoms with E-state index in [1.165, 1.54) is 25.7 Å². The smallest absolute Gasteiger partial charge is 0.209 e. The lowest BCUT2D eigenvalue weighted by atomic mass is 10.3. The lowest BCUT2D eigenvalue weighted by Gasteiger charge is -2.10. The number of oxime groups is 1. The molecule has 100 valence electrons. The van der Waals surface area contributed by atoms with E-state index in [4.69, 9.17) is 10.9 Å². The largest absolute Gasteiger partial charge is 0.409 e. The molecule has 0 saturated heterocycles. The summed E-state index contributed by atoms with van der Waals surface area (Å²) < 4.78 is 1.95. The molecule has 1 aromatic heterocycles. The van der Waals surface area contributed by atoms with Gasteiger partial charge in [-0.3, -0.25) is 0 Å². The van der Waals surface area contributed by atoms with Gasteiger partial charge in [-0.05, 0) is 29.7 Å². The predicted octanol–water partition coefficient (Wildman–Crippen LogP) is 1.41. The molecule has 1 aromatic rings. The van der Waals surface area contributed by atoms with Crippen LogP contribution in [0.5, 0.6) is 0 Å². The minimum absolute atomic E-state index is 0.269. The van der Waals surface area contributed by atoms with Gasteiger partial charge in [0.05, 0.1) is 6.04 Å². The lowest BCUT2D eigenvalue weighted by Crippen LogP contribution is -2.11. The third-order valence-corrected chi connectivity index (χ3v) is 4.09. The first-order valence-corrected chi connectivity index (χ1v) is 7.17. The second kappa shape index (κ2) is 6.58. The zero-order valence-corrected chi connectivity index (χ0v) is 11.0. The Morgan fingerprint density at radius 3 is 3.00 bits per heavy atom. The molecular weight excluding hydrogens is 252 g/mol. The van der Waals surface area contributed by atoms with Crippen molar-refractivity contribution in [2.75, 3.05) is 5.75 Å². The number of aromatic nitrogens is 4. The van der Waals surface area contributed by atoms with Gasteiger partial charge >= 0.3 is 0 Å². The summed E-state index contributed by atoms with van der Waals surface area (Å²) in [4.78, 5) is 0. The van der Waals surface area contributed by atoms with Crippen molar-refractivity contribution in [2.45, 2.75) is 49.7 Å². The third kappa shape index (κ3) is 3.34. The fourth-order valence-electron chi connectivity index (χ4n) is 2.13. The van der Waals surface area contributed by atoms with Gasteiger partial charge in [-0.25, -0.2) is 4.68 Å². The average Bonchev–Trinajstić information content (AvgIpc) is 3.04. The lowest BCUT2D eigenvalue weighted by molar-refractivity contribution is 0.317. The Kier molecular flexibility index (Phi) is 4.80. The van der Waals surface area contributed by atoms with Gasteiger partial charge < -0.3 is 10.9 Å². The number of nitrogens with zero attached hydrogens (tertiary/aromatic N) is 5. The second-order valence-electron chi connectivity index (χ2n) is 4.39. The molecule has 8 heteroatoms. The highest BCUT2D eigenvalue weighted by molar-refractivity contribution is 7.99. The molecule has 3 N–H and O–H groups in total. The molecule has 0 aliphatic heterocycles. The summed E-state index contributed by atoms with van der Waals surface area (Å²) in [5.74, 6) is 1.13. The zero-order valence-electron chi connectivity index (χ0n) is 10.2. The van der Waals surface area contributed by atoms with Gasteiger partial charge in [-0.1, -0.05) is 29.8 Å². The van der Waals surface area contributed by atoms with E-state index in [2.05, 4.69) is 20.7 Å². The molecule has 0 amide bonds. The first kappa shape index (κ1) is 13.1. The van der Waals surface area contributed by atoms with E-state index in [-0.39, 0.29) is 5.84 Å². The van der Waals surface area contributed by atoms with Gasteiger partial charge in [0, 0.05) is 12.2 Å². The Morgan fingerprint density at radius 2 is 2.28 bits per heavy atom. The van der Waals surface area contributed by atoms with Crippen LogP contribution in [0.25, 0.3) is 0 Å². The van der Waals surface area contributed by atoms with Crippen LogP contribution < -0.4 is 5.73 Å². The maximum Gasteiger partial charge on any atom is 0.209 e. The number of thioether (sulfide) groups is 1. The molecule has 0 aromatic carbocycles. The molecule has 7 nitrogen and oxygen atoms in total. The maximum absolute atomic E-state index is 8.43. The number of hydrogen-bond donors (Lipinski definition) is 2. The molecule has 1 aliphatic carbocycles. The van der Waals surface area contributed by atoms with E-state index < -0.39 is 0 Å². The second-order valence-corrected chi connectivity index (χ2v) is 5.45. The molecular formula is C10H18N6OS. The molecule has 18 heavy (non-hydrogen) atoms. The molecule has 0 radical (unpaired) electrons. The van der Waals surface area contributed by atoms with E-state index in [9.17, 15) is 0 Å². The Hall–Kier alpha value is -1.31. The van der Waals surface area contributed by atoms with Crippen molar-refractivity contribution in [2.24, 2.45) is 10.9 Å². The Balaban J connectivity index is 1.80. The van der Waals surface area contributed by atoms with Crippen LogP contribution in [0.2, 0.25) is 0 Å². The summed E-state index contributed by atoms with van der Waals surface area (Å²) >= 11 is 1.63. The van der Waals surface area contributed by atoms with Crippen molar-refractivity contribution in [3.63, 3.8) is 0 Å². The first-order chi connectivity index (χ1) is 8.81. The Morgan fingerprint density at radius 1 is 1.50 bits per heavy atom. The van der Waals surface area contributed by atoms with Crippen LogP contribution in [0.4, 0.5) is 0 Å². The number of hydrogen-bond acceptors (Lipinski definition) is 6. The van der Waals surface area contributed by atoms with E-state index in [0.717, 1.165) is 17.3 Å². The van der Waals surface area contributed by atoms with Gasteiger partial charge in [-0.2, -0.15) is 0 Å². The minimum atomic E-state index is 0.269. The molecule has 0 bridgehead atoms. The Labute approximate surface area is 110 Å². The summed E-state index contributed by atoms with van der Waals surface area (Å²) in [5.41, 5.74) is 5.41. The molecule has 2 rings (SSSR count). The molecule has 1 aliphatic rings. The minimum Gasteiger partial charge on any atom is -0.409 e. The summed E-state index contributed by atoms with van der Waals surface area (Å²) in [6, 6.07) is 0.464. The van der Waals surface area contributed by atoms with Crippen LogP contribution >= 0.6 is 11.8 Å².